The average Bonchev–Trinajstić information content (AvgIpc) is 2.36. The minimum absolute atomic E-state index is 0.261. The molecule has 1 aliphatic rings. The number of nitrogens with one attached hydrogen (secondary N) is 2. The van der Waals surface area contributed by atoms with Crippen LogP contribution in [0.25, 0.3) is 0 Å². The van der Waals surface area contributed by atoms with Crippen LogP contribution in [0.3, 0.4) is 0 Å². The second kappa shape index (κ2) is 7.76. The van der Waals surface area contributed by atoms with E-state index in [-0.39, 0.29) is 17.6 Å². The number of hydrogen-bond donors (Lipinski definition) is 2. The minimum atomic E-state index is -0.477. The quantitative estimate of drug-likeness (QED) is 0.824. The maximum absolute atomic E-state index is 13.3. The van der Waals surface area contributed by atoms with Crippen molar-refractivity contribution in [2.24, 2.45) is 5.92 Å². The molecule has 0 bridgehead atoms. The van der Waals surface area contributed by atoms with Gasteiger partial charge in [-0.2, -0.15) is 0 Å². The molecule has 2 amide bonds. The van der Waals surface area contributed by atoms with Crippen molar-refractivity contribution in [3.05, 3.63) is 29.6 Å². The van der Waals surface area contributed by atoms with E-state index in [1.54, 1.807) is 19.1 Å². The van der Waals surface area contributed by atoms with Crippen molar-refractivity contribution in [3.8, 4) is 0 Å². The molecular weight excluding hydrogens is 271 g/mol. The number of amides is 2. The summed E-state index contributed by atoms with van der Waals surface area (Å²) < 4.78 is 13.3. The van der Waals surface area contributed by atoms with Crippen LogP contribution in [-0.2, 0) is 9.59 Å². The van der Waals surface area contributed by atoms with Gasteiger partial charge in [-0.05, 0) is 37.0 Å². The monoisotopic (exact) mass is 294 g/mol. The van der Waals surface area contributed by atoms with Gasteiger partial charge in [-0.3, -0.25) is 14.9 Å². The highest BCUT2D eigenvalue weighted by Crippen LogP contribution is 2.17. The standard InChI is InChI=1S/C12H13FN2O2.C4H10/c1-7-2-3-8(6-9(7)13)14-10-4-5-11(16)15-12(10)17;1-4(2)3/h2-3,6,10,14H,4-5H2,1H3,(H,15,16,17);4H,1-3H3. The molecule has 1 saturated heterocycles. The summed E-state index contributed by atoms with van der Waals surface area (Å²) in [5.41, 5.74) is 1.10. The number of halogens is 1. The molecule has 5 heteroatoms. The van der Waals surface area contributed by atoms with E-state index in [0.29, 0.717) is 24.1 Å². The van der Waals surface area contributed by atoms with Crippen LogP contribution in [0.4, 0.5) is 10.1 Å². The van der Waals surface area contributed by atoms with Crippen molar-refractivity contribution >= 4 is 17.5 Å². The van der Waals surface area contributed by atoms with Gasteiger partial charge in [0.05, 0.1) is 0 Å². The molecule has 1 atom stereocenters. The number of anilines is 1. The largest absolute Gasteiger partial charge is 0.374 e. The highest BCUT2D eigenvalue weighted by molar-refractivity contribution is 6.01. The summed E-state index contributed by atoms with van der Waals surface area (Å²) in [6, 6.07) is 4.22. The summed E-state index contributed by atoms with van der Waals surface area (Å²) in [5.74, 6) is -0.104. The van der Waals surface area contributed by atoms with E-state index in [9.17, 15) is 14.0 Å². The first-order valence-electron chi connectivity index (χ1n) is 7.16. The fourth-order valence-electron chi connectivity index (χ4n) is 1.72. The molecule has 116 valence electrons. The van der Waals surface area contributed by atoms with Gasteiger partial charge in [0, 0.05) is 12.1 Å². The first-order chi connectivity index (χ1) is 9.79. The van der Waals surface area contributed by atoms with Crippen molar-refractivity contribution < 1.29 is 14.0 Å². The Hall–Kier alpha value is -1.91. The van der Waals surface area contributed by atoms with Crippen LogP contribution >= 0.6 is 0 Å². The van der Waals surface area contributed by atoms with Crippen LogP contribution in [-0.4, -0.2) is 17.9 Å². The van der Waals surface area contributed by atoms with E-state index in [2.05, 4.69) is 31.4 Å². The Morgan fingerprint density at radius 1 is 1.29 bits per heavy atom. The Bertz CT molecular complexity index is 512. The molecule has 2 N–H and O–H groups in total. The number of benzene rings is 1. The van der Waals surface area contributed by atoms with E-state index in [0.717, 1.165) is 5.92 Å². The summed E-state index contributed by atoms with van der Waals surface area (Å²) >= 11 is 0. The van der Waals surface area contributed by atoms with Gasteiger partial charge in [-0.15, -0.1) is 0 Å². The molecule has 1 aliphatic heterocycles. The van der Waals surface area contributed by atoms with Crippen LogP contribution < -0.4 is 10.6 Å². The predicted octanol–water partition coefficient (Wildman–Crippen LogP) is 3.01. The fourth-order valence-corrected chi connectivity index (χ4v) is 1.72. The van der Waals surface area contributed by atoms with E-state index in [1.165, 1.54) is 6.07 Å². The molecule has 1 unspecified atom stereocenters. The highest BCUT2D eigenvalue weighted by atomic mass is 19.1. The molecule has 2 rings (SSSR count). The third-order valence-corrected chi connectivity index (χ3v) is 2.75. The Labute approximate surface area is 125 Å². The molecule has 4 nitrogen and oxygen atoms in total. The van der Waals surface area contributed by atoms with Gasteiger partial charge < -0.3 is 5.32 Å². The van der Waals surface area contributed by atoms with Crippen molar-refractivity contribution in [2.45, 2.75) is 46.6 Å². The van der Waals surface area contributed by atoms with Gasteiger partial charge in [-0.25, -0.2) is 4.39 Å². The first kappa shape index (κ1) is 17.1. The lowest BCUT2D eigenvalue weighted by molar-refractivity contribution is -0.133. The maximum atomic E-state index is 13.3. The number of carbonyl (C=O) groups is 2. The molecular formula is C16H23FN2O2. The zero-order valence-corrected chi connectivity index (χ0v) is 13.0. The summed E-state index contributed by atoms with van der Waals surface area (Å²) in [6.45, 7) is 8.17. The van der Waals surface area contributed by atoms with Gasteiger partial charge in [-0.1, -0.05) is 26.8 Å². The van der Waals surface area contributed by atoms with Crippen molar-refractivity contribution in [3.63, 3.8) is 0 Å². The first-order valence-corrected chi connectivity index (χ1v) is 7.16. The Kier molecular flexibility index (Phi) is 6.34. The number of piperidine rings is 1. The van der Waals surface area contributed by atoms with Crippen molar-refractivity contribution in [2.75, 3.05) is 5.32 Å². The normalized spacial score (nSPS) is 17.9. The van der Waals surface area contributed by atoms with Gasteiger partial charge in [0.1, 0.15) is 11.9 Å². The fraction of sp³-hybridized carbons (Fsp3) is 0.500. The minimum Gasteiger partial charge on any atom is -0.374 e. The third kappa shape index (κ3) is 5.94. The predicted molar refractivity (Wildman–Crippen MR) is 81.4 cm³/mol. The molecule has 0 radical (unpaired) electrons. The SMILES string of the molecule is CC(C)C.Cc1ccc(NC2CCC(=O)NC2=O)cc1F. The molecule has 1 fully saturated rings. The lowest BCUT2D eigenvalue weighted by Crippen LogP contribution is -2.47. The summed E-state index contributed by atoms with van der Waals surface area (Å²) in [5, 5.41) is 5.16. The second-order valence-corrected chi connectivity index (χ2v) is 5.84. The molecule has 0 aromatic heterocycles. The third-order valence-electron chi connectivity index (χ3n) is 2.75. The Morgan fingerprint density at radius 3 is 2.43 bits per heavy atom. The lowest BCUT2D eigenvalue weighted by Gasteiger charge is -2.22. The van der Waals surface area contributed by atoms with Crippen LogP contribution in [0, 0.1) is 18.7 Å². The van der Waals surface area contributed by atoms with E-state index in [4.69, 9.17) is 0 Å². The molecule has 1 aromatic rings. The van der Waals surface area contributed by atoms with E-state index in [1.807, 2.05) is 0 Å². The van der Waals surface area contributed by atoms with Crippen LogP contribution in [0.2, 0.25) is 0 Å². The summed E-state index contributed by atoms with van der Waals surface area (Å²) in [7, 11) is 0. The molecule has 0 aliphatic carbocycles. The van der Waals surface area contributed by atoms with E-state index >= 15 is 0 Å². The summed E-state index contributed by atoms with van der Waals surface area (Å²) in [6.07, 6.45) is 0.734. The molecule has 0 spiro atoms. The Balaban J connectivity index is 0.000000491. The number of rotatable bonds is 2. The number of aryl methyl sites for hydroxylation is 1. The zero-order valence-electron chi connectivity index (χ0n) is 13.0. The molecule has 1 heterocycles. The summed E-state index contributed by atoms with van der Waals surface area (Å²) in [4.78, 5) is 22.4. The van der Waals surface area contributed by atoms with Crippen LogP contribution in [0.1, 0.15) is 39.2 Å². The lowest BCUT2D eigenvalue weighted by atomic mass is 10.1. The van der Waals surface area contributed by atoms with Crippen molar-refractivity contribution in [1.82, 2.24) is 5.32 Å². The number of hydrogen-bond acceptors (Lipinski definition) is 3. The molecule has 21 heavy (non-hydrogen) atoms. The second-order valence-electron chi connectivity index (χ2n) is 5.84. The number of carbonyl (C=O) groups excluding carboxylic acids is 2. The highest BCUT2D eigenvalue weighted by Gasteiger charge is 2.26. The van der Waals surface area contributed by atoms with Gasteiger partial charge in [0.15, 0.2) is 0 Å². The number of imide groups is 1. The van der Waals surface area contributed by atoms with Gasteiger partial charge >= 0.3 is 0 Å². The topological polar surface area (TPSA) is 58.2 Å². The van der Waals surface area contributed by atoms with Gasteiger partial charge in [0.2, 0.25) is 11.8 Å². The zero-order chi connectivity index (χ0) is 16.0. The Morgan fingerprint density at radius 2 is 1.90 bits per heavy atom. The van der Waals surface area contributed by atoms with Crippen molar-refractivity contribution in [1.29, 1.82) is 0 Å². The van der Waals surface area contributed by atoms with Gasteiger partial charge in [0.25, 0.3) is 0 Å². The smallest absolute Gasteiger partial charge is 0.249 e. The maximum Gasteiger partial charge on any atom is 0.249 e. The van der Waals surface area contributed by atoms with Crippen LogP contribution in [0.5, 0.6) is 0 Å². The average molecular weight is 294 g/mol. The van der Waals surface area contributed by atoms with Crippen LogP contribution in [0.15, 0.2) is 18.2 Å². The van der Waals surface area contributed by atoms with E-state index < -0.39 is 6.04 Å². The molecule has 0 saturated carbocycles. The molecule has 1 aromatic carbocycles.